The highest BCUT2D eigenvalue weighted by molar-refractivity contribution is 5.49. The van der Waals surface area contributed by atoms with E-state index in [0.717, 1.165) is 12.7 Å². The summed E-state index contributed by atoms with van der Waals surface area (Å²) >= 11 is 0. The maximum absolute atomic E-state index is 10.2. The molecule has 0 aliphatic heterocycles. The van der Waals surface area contributed by atoms with Gasteiger partial charge >= 0.3 is 0 Å². The van der Waals surface area contributed by atoms with Gasteiger partial charge in [-0.05, 0) is 34.1 Å². The Bertz CT molecular complexity index is 159. The molecule has 0 saturated heterocycles. The number of aldehydes is 1. The van der Waals surface area contributed by atoms with Crippen LogP contribution in [0.2, 0.25) is 0 Å². The number of ether oxygens (including phenoxy) is 1. The molecule has 0 atom stereocenters. The lowest BCUT2D eigenvalue weighted by molar-refractivity contribution is -0.109. The standard InChI is InChI=1S/C10H21NO2/c1-9(2,11)8-13-10(3,4)6-5-7-12/h7H,5-6,8,11H2,1-4H3. The van der Waals surface area contributed by atoms with Crippen LogP contribution in [0.15, 0.2) is 0 Å². The predicted octanol–water partition coefficient (Wildman–Crippen LogP) is 1.50. The summed E-state index contributed by atoms with van der Waals surface area (Å²) in [4.78, 5) is 10.2. The molecular formula is C10H21NO2. The summed E-state index contributed by atoms with van der Waals surface area (Å²) < 4.78 is 5.61. The highest BCUT2D eigenvalue weighted by atomic mass is 16.5. The summed E-state index contributed by atoms with van der Waals surface area (Å²) in [6.45, 7) is 8.30. The zero-order valence-corrected chi connectivity index (χ0v) is 9.09. The lowest BCUT2D eigenvalue weighted by atomic mass is 10.0. The average Bonchev–Trinajstić information content (AvgIpc) is 1.97. The van der Waals surface area contributed by atoms with Gasteiger partial charge < -0.3 is 15.3 Å². The number of hydrogen-bond donors (Lipinski definition) is 1. The first-order chi connectivity index (χ1) is 5.77. The number of rotatable bonds is 6. The van der Waals surface area contributed by atoms with Crippen LogP contribution in [0.5, 0.6) is 0 Å². The normalized spacial score (nSPS) is 13.0. The second-order valence-corrected chi connectivity index (χ2v) is 4.74. The van der Waals surface area contributed by atoms with Gasteiger partial charge in [-0.15, -0.1) is 0 Å². The molecule has 0 aliphatic rings. The smallest absolute Gasteiger partial charge is 0.120 e. The van der Waals surface area contributed by atoms with E-state index in [0.29, 0.717) is 13.0 Å². The number of carbonyl (C=O) groups is 1. The van der Waals surface area contributed by atoms with Crippen molar-refractivity contribution in [1.82, 2.24) is 0 Å². The fraction of sp³-hybridized carbons (Fsp3) is 0.900. The fourth-order valence-electron chi connectivity index (χ4n) is 0.860. The zero-order valence-electron chi connectivity index (χ0n) is 9.09. The summed E-state index contributed by atoms with van der Waals surface area (Å²) in [5, 5.41) is 0. The molecule has 0 radical (unpaired) electrons. The first kappa shape index (κ1) is 12.6. The first-order valence-electron chi connectivity index (χ1n) is 4.63. The Morgan fingerprint density at radius 2 is 1.85 bits per heavy atom. The second-order valence-electron chi connectivity index (χ2n) is 4.74. The molecule has 0 unspecified atom stereocenters. The van der Waals surface area contributed by atoms with E-state index in [-0.39, 0.29) is 11.1 Å². The molecule has 0 rings (SSSR count). The van der Waals surface area contributed by atoms with Gasteiger partial charge in [0.05, 0.1) is 12.2 Å². The number of hydrogen-bond acceptors (Lipinski definition) is 3. The van der Waals surface area contributed by atoms with Crippen LogP contribution in [0.3, 0.4) is 0 Å². The third-order valence-corrected chi connectivity index (χ3v) is 1.70. The Labute approximate surface area is 80.6 Å². The third kappa shape index (κ3) is 7.94. The first-order valence-corrected chi connectivity index (χ1v) is 4.63. The van der Waals surface area contributed by atoms with Gasteiger partial charge in [0, 0.05) is 12.0 Å². The Hall–Kier alpha value is -0.410. The molecule has 0 saturated carbocycles. The van der Waals surface area contributed by atoms with Crippen molar-refractivity contribution in [2.24, 2.45) is 5.73 Å². The largest absolute Gasteiger partial charge is 0.374 e. The van der Waals surface area contributed by atoms with E-state index in [9.17, 15) is 4.79 Å². The predicted molar refractivity (Wildman–Crippen MR) is 53.6 cm³/mol. The van der Waals surface area contributed by atoms with Crippen molar-refractivity contribution in [3.8, 4) is 0 Å². The number of nitrogens with two attached hydrogens (primary N) is 1. The van der Waals surface area contributed by atoms with Crippen LogP contribution in [0, 0.1) is 0 Å². The van der Waals surface area contributed by atoms with Gasteiger partial charge in [0.25, 0.3) is 0 Å². The van der Waals surface area contributed by atoms with Gasteiger partial charge in [0.2, 0.25) is 0 Å². The molecule has 3 heteroatoms. The molecule has 3 nitrogen and oxygen atoms in total. The van der Waals surface area contributed by atoms with Crippen LogP contribution < -0.4 is 5.73 Å². The Balaban J connectivity index is 3.81. The number of carbonyl (C=O) groups excluding carboxylic acids is 1. The van der Waals surface area contributed by atoms with Crippen molar-refractivity contribution in [2.45, 2.75) is 51.7 Å². The Kier molecular flexibility index (Phi) is 4.57. The molecule has 0 aromatic carbocycles. The van der Waals surface area contributed by atoms with Gasteiger partial charge in [-0.25, -0.2) is 0 Å². The molecule has 0 aliphatic carbocycles. The monoisotopic (exact) mass is 187 g/mol. The molecule has 13 heavy (non-hydrogen) atoms. The van der Waals surface area contributed by atoms with Crippen molar-refractivity contribution < 1.29 is 9.53 Å². The van der Waals surface area contributed by atoms with Crippen LogP contribution >= 0.6 is 0 Å². The lowest BCUT2D eigenvalue weighted by Crippen LogP contribution is -2.41. The van der Waals surface area contributed by atoms with E-state index in [2.05, 4.69) is 0 Å². The van der Waals surface area contributed by atoms with E-state index in [1.807, 2.05) is 27.7 Å². The maximum atomic E-state index is 10.2. The summed E-state index contributed by atoms with van der Waals surface area (Å²) in [6, 6.07) is 0. The molecule has 0 aromatic rings. The molecule has 2 N–H and O–H groups in total. The van der Waals surface area contributed by atoms with Crippen LogP contribution in [-0.4, -0.2) is 24.0 Å². The van der Waals surface area contributed by atoms with E-state index in [4.69, 9.17) is 10.5 Å². The molecule has 0 spiro atoms. The van der Waals surface area contributed by atoms with Gasteiger partial charge in [0.15, 0.2) is 0 Å². The zero-order chi connectivity index (χ0) is 10.5. The van der Waals surface area contributed by atoms with Crippen molar-refractivity contribution in [3.63, 3.8) is 0 Å². The molecule has 0 bridgehead atoms. The molecule has 78 valence electrons. The van der Waals surface area contributed by atoms with Gasteiger partial charge in [-0.3, -0.25) is 0 Å². The van der Waals surface area contributed by atoms with Crippen molar-refractivity contribution >= 4 is 6.29 Å². The summed E-state index contributed by atoms with van der Waals surface area (Å²) in [7, 11) is 0. The quantitative estimate of drug-likeness (QED) is 0.641. The highest BCUT2D eigenvalue weighted by Gasteiger charge is 2.21. The van der Waals surface area contributed by atoms with Crippen molar-refractivity contribution in [2.75, 3.05) is 6.61 Å². The van der Waals surface area contributed by atoms with Crippen LogP contribution in [-0.2, 0) is 9.53 Å². The average molecular weight is 187 g/mol. The minimum Gasteiger partial charge on any atom is -0.374 e. The maximum Gasteiger partial charge on any atom is 0.120 e. The van der Waals surface area contributed by atoms with Crippen molar-refractivity contribution in [1.29, 1.82) is 0 Å². The second kappa shape index (κ2) is 4.72. The summed E-state index contributed by atoms with van der Waals surface area (Å²) in [6.07, 6.45) is 2.20. The van der Waals surface area contributed by atoms with Crippen LogP contribution in [0.25, 0.3) is 0 Å². The van der Waals surface area contributed by atoms with Gasteiger partial charge in [0.1, 0.15) is 6.29 Å². The lowest BCUT2D eigenvalue weighted by Gasteiger charge is -2.29. The molecule has 0 heterocycles. The summed E-state index contributed by atoms with van der Waals surface area (Å²) in [5.41, 5.74) is 5.22. The Morgan fingerprint density at radius 1 is 1.31 bits per heavy atom. The minimum absolute atomic E-state index is 0.252. The van der Waals surface area contributed by atoms with Crippen LogP contribution in [0.4, 0.5) is 0 Å². The summed E-state index contributed by atoms with van der Waals surface area (Å²) in [5.74, 6) is 0. The Morgan fingerprint density at radius 3 is 2.23 bits per heavy atom. The SMILES string of the molecule is CC(C)(N)COC(C)(C)CCC=O. The molecule has 0 fully saturated rings. The fourth-order valence-corrected chi connectivity index (χ4v) is 0.860. The van der Waals surface area contributed by atoms with E-state index >= 15 is 0 Å². The third-order valence-electron chi connectivity index (χ3n) is 1.70. The van der Waals surface area contributed by atoms with Crippen molar-refractivity contribution in [3.05, 3.63) is 0 Å². The van der Waals surface area contributed by atoms with Gasteiger partial charge in [-0.1, -0.05) is 0 Å². The molecule has 0 amide bonds. The highest BCUT2D eigenvalue weighted by Crippen LogP contribution is 2.17. The minimum atomic E-state index is -0.307. The molecular weight excluding hydrogens is 166 g/mol. The van der Waals surface area contributed by atoms with E-state index in [1.54, 1.807) is 0 Å². The van der Waals surface area contributed by atoms with Gasteiger partial charge in [-0.2, -0.15) is 0 Å². The van der Waals surface area contributed by atoms with E-state index < -0.39 is 0 Å². The van der Waals surface area contributed by atoms with Crippen LogP contribution in [0.1, 0.15) is 40.5 Å². The molecule has 0 aromatic heterocycles. The van der Waals surface area contributed by atoms with E-state index in [1.165, 1.54) is 0 Å². The topological polar surface area (TPSA) is 52.3 Å².